The number of anilines is 2. The van der Waals surface area contributed by atoms with Crippen LogP contribution in [0.15, 0.2) is 35.4 Å². The molecule has 0 unspecified atom stereocenters. The van der Waals surface area contributed by atoms with Gasteiger partial charge in [-0.25, -0.2) is 4.98 Å². The van der Waals surface area contributed by atoms with Gasteiger partial charge in [0.2, 0.25) is 0 Å². The minimum Gasteiger partial charge on any atom is -0.339 e. The third-order valence-corrected chi connectivity index (χ3v) is 3.01. The Morgan fingerprint density at radius 3 is 3.05 bits per heavy atom. The Hall–Kier alpha value is -1.85. The van der Waals surface area contributed by atoms with Crippen LogP contribution < -0.4 is 16.6 Å². The van der Waals surface area contributed by atoms with Gasteiger partial charge in [0, 0.05) is 5.69 Å². The van der Waals surface area contributed by atoms with Crippen molar-refractivity contribution >= 4 is 23.1 Å². The summed E-state index contributed by atoms with van der Waals surface area (Å²) < 4.78 is 0. The lowest BCUT2D eigenvalue weighted by Gasteiger charge is -2.08. The van der Waals surface area contributed by atoms with Gasteiger partial charge in [0.15, 0.2) is 5.82 Å². The molecule has 1 heterocycles. The van der Waals surface area contributed by atoms with Crippen LogP contribution in [0.1, 0.15) is 12.0 Å². The lowest BCUT2D eigenvalue weighted by molar-refractivity contribution is 0.833. The second-order valence-electron chi connectivity index (χ2n) is 4.11. The maximum absolute atomic E-state index is 11.4. The van der Waals surface area contributed by atoms with Crippen molar-refractivity contribution in [3.63, 3.8) is 0 Å². The summed E-state index contributed by atoms with van der Waals surface area (Å²) in [6.07, 6.45) is 3.17. The van der Waals surface area contributed by atoms with E-state index in [0.717, 1.165) is 18.5 Å². The summed E-state index contributed by atoms with van der Waals surface area (Å²) in [5.74, 6) is 0.349. The molecule has 0 fully saturated rings. The quantitative estimate of drug-likeness (QED) is 0.782. The zero-order valence-corrected chi connectivity index (χ0v) is 11.1. The Kier molecular flexibility index (Phi) is 4.54. The average molecular weight is 279 g/mol. The smallest absolute Gasteiger partial charge is 0.271 e. The number of aryl methyl sites for hydroxylation is 1. The molecule has 0 aliphatic rings. The largest absolute Gasteiger partial charge is 0.339 e. The van der Waals surface area contributed by atoms with Crippen molar-refractivity contribution in [2.75, 3.05) is 11.9 Å². The molecule has 4 N–H and O–H groups in total. The highest BCUT2D eigenvalue weighted by atomic mass is 35.5. The van der Waals surface area contributed by atoms with Gasteiger partial charge < -0.3 is 16.0 Å². The first-order valence-corrected chi connectivity index (χ1v) is 6.37. The molecule has 100 valence electrons. The molecular formula is C13H15ClN4O. The maximum atomic E-state index is 11.4. The molecule has 0 aliphatic carbocycles. The Morgan fingerprint density at radius 1 is 1.42 bits per heavy atom. The summed E-state index contributed by atoms with van der Waals surface area (Å²) in [5.41, 5.74) is 7.15. The predicted octanol–water partition coefficient (Wildman–Crippen LogP) is 2.06. The van der Waals surface area contributed by atoms with Crippen LogP contribution in [0.4, 0.5) is 11.5 Å². The van der Waals surface area contributed by atoms with Gasteiger partial charge in [-0.15, -0.1) is 0 Å². The molecule has 2 aromatic rings. The van der Waals surface area contributed by atoms with E-state index in [-0.39, 0.29) is 10.6 Å². The molecule has 0 amide bonds. The van der Waals surface area contributed by atoms with Crippen molar-refractivity contribution in [2.45, 2.75) is 12.8 Å². The van der Waals surface area contributed by atoms with E-state index in [9.17, 15) is 4.79 Å². The maximum Gasteiger partial charge on any atom is 0.271 e. The standard InChI is InChI=1S/C13H15ClN4O/c14-11-12(16-8-17-13(11)19)18-10-5-1-3-9(7-10)4-2-6-15/h1,3,5,7-8H,2,4,6,15H2,(H2,16,17,18,19). The molecule has 0 spiro atoms. The lowest BCUT2D eigenvalue weighted by Crippen LogP contribution is -2.09. The van der Waals surface area contributed by atoms with Crippen molar-refractivity contribution in [3.05, 3.63) is 51.5 Å². The number of hydrogen-bond donors (Lipinski definition) is 3. The molecule has 0 saturated heterocycles. The van der Waals surface area contributed by atoms with Crippen LogP contribution in [0.2, 0.25) is 5.02 Å². The third-order valence-electron chi connectivity index (χ3n) is 2.66. The number of aromatic nitrogens is 2. The highest BCUT2D eigenvalue weighted by Gasteiger charge is 2.06. The number of nitrogens with one attached hydrogen (secondary N) is 2. The first-order valence-electron chi connectivity index (χ1n) is 6.00. The van der Waals surface area contributed by atoms with E-state index in [1.165, 1.54) is 11.9 Å². The van der Waals surface area contributed by atoms with Crippen LogP contribution in [-0.4, -0.2) is 16.5 Å². The van der Waals surface area contributed by atoms with Crippen LogP contribution in [0, 0.1) is 0 Å². The average Bonchev–Trinajstić information content (AvgIpc) is 2.42. The highest BCUT2D eigenvalue weighted by Crippen LogP contribution is 2.20. The van der Waals surface area contributed by atoms with Gasteiger partial charge in [-0.3, -0.25) is 4.79 Å². The van der Waals surface area contributed by atoms with Crippen molar-refractivity contribution < 1.29 is 0 Å². The molecule has 1 aromatic heterocycles. The van der Waals surface area contributed by atoms with Crippen molar-refractivity contribution in [3.8, 4) is 0 Å². The van der Waals surface area contributed by atoms with E-state index < -0.39 is 0 Å². The minimum absolute atomic E-state index is 0.0508. The number of hydrogen-bond acceptors (Lipinski definition) is 4. The summed E-state index contributed by atoms with van der Waals surface area (Å²) >= 11 is 5.88. The topological polar surface area (TPSA) is 83.8 Å². The minimum atomic E-state index is -0.363. The number of benzene rings is 1. The molecule has 0 saturated carbocycles. The zero-order valence-electron chi connectivity index (χ0n) is 10.3. The monoisotopic (exact) mass is 278 g/mol. The first-order chi connectivity index (χ1) is 9.20. The lowest BCUT2D eigenvalue weighted by atomic mass is 10.1. The summed E-state index contributed by atoms with van der Waals surface area (Å²) in [7, 11) is 0. The van der Waals surface area contributed by atoms with Gasteiger partial charge in [-0.05, 0) is 37.1 Å². The molecule has 19 heavy (non-hydrogen) atoms. The van der Waals surface area contributed by atoms with Gasteiger partial charge in [-0.2, -0.15) is 0 Å². The fourth-order valence-corrected chi connectivity index (χ4v) is 1.87. The van der Waals surface area contributed by atoms with E-state index >= 15 is 0 Å². The number of nitrogens with two attached hydrogens (primary N) is 1. The summed E-state index contributed by atoms with van der Waals surface area (Å²) in [6.45, 7) is 0.666. The van der Waals surface area contributed by atoms with Gasteiger partial charge in [0.05, 0.1) is 6.33 Å². The van der Waals surface area contributed by atoms with E-state index in [1.54, 1.807) is 0 Å². The predicted molar refractivity (Wildman–Crippen MR) is 77.0 cm³/mol. The SMILES string of the molecule is NCCCc1cccc(Nc2nc[nH]c(=O)c2Cl)c1. The van der Waals surface area contributed by atoms with Crippen LogP contribution in [0.25, 0.3) is 0 Å². The molecule has 0 atom stereocenters. The zero-order chi connectivity index (χ0) is 13.7. The van der Waals surface area contributed by atoms with Gasteiger partial charge >= 0.3 is 0 Å². The summed E-state index contributed by atoms with van der Waals surface area (Å²) in [5, 5.41) is 3.09. The van der Waals surface area contributed by atoms with Crippen molar-refractivity contribution in [2.24, 2.45) is 5.73 Å². The second kappa shape index (κ2) is 6.36. The molecule has 1 aromatic carbocycles. The molecule has 0 bridgehead atoms. The van der Waals surface area contributed by atoms with Crippen molar-refractivity contribution in [1.29, 1.82) is 0 Å². The van der Waals surface area contributed by atoms with Gasteiger partial charge in [0.25, 0.3) is 5.56 Å². The molecule has 6 heteroatoms. The Bertz CT molecular complexity index is 612. The molecule has 2 rings (SSSR count). The number of H-pyrrole nitrogens is 1. The number of aromatic amines is 1. The Balaban J connectivity index is 2.19. The summed E-state index contributed by atoms with van der Waals surface area (Å²) in [6, 6.07) is 7.86. The van der Waals surface area contributed by atoms with Gasteiger partial charge in [0.1, 0.15) is 5.02 Å². The number of halogens is 1. The molecule has 5 nitrogen and oxygen atoms in total. The second-order valence-corrected chi connectivity index (χ2v) is 4.49. The highest BCUT2D eigenvalue weighted by molar-refractivity contribution is 6.32. The van der Waals surface area contributed by atoms with E-state index in [4.69, 9.17) is 17.3 Å². The first kappa shape index (κ1) is 13.6. The molecular weight excluding hydrogens is 264 g/mol. The summed E-state index contributed by atoms with van der Waals surface area (Å²) in [4.78, 5) is 17.8. The fraction of sp³-hybridized carbons (Fsp3) is 0.231. The molecule has 0 radical (unpaired) electrons. The van der Waals surface area contributed by atoms with Crippen molar-refractivity contribution in [1.82, 2.24) is 9.97 Å². The fourth-order valence-electron chi connectivity index (χ4n) is 1.72. The third kappa shape index (κ3) is 3.56. The van der Waals surface area contributed by atoms with E-state index in [0.29, 0.717) is 12.4 Å². The van der Waals surface area contributed by atoms with E-state index in [2.05, 4.69) is 15.3 Å². The van der Waals surface area contributed by atoms with E-state index in [1.807, 2.05) is 24.3 Å². The van der Waals surface area contributed by atoms with Gasteiger partial charge in [-0.1, -0.05) is 23.7 Å². The number of rotatable bonds is 5. The van der Waals surface area contributed by atoms with Crippen LogP contribution in [0.5, 0.6) is 0 Å². The number of nitrogens with zero attached hydrogens (tertiary/aromatic N) is 1. The van der Waals surface area contributed by atoms with Crippen LogP contribution in [0.3, 0.4) is 0 Å². The molecule has 0 aliphatic heterocycles. The van der Waals surface area contributed by atoms with Crippen LogP contribution >= 0.6 is 11.6 Å². The Labute approximate surface area is 115 Å². The van der Waals surface area contributed by atoms with Crippen LogP contribution in [-0.2, 0) is 6.42 Å². The Morgan fingerprint density at radius 2 is 2.26 bits per heavy atom. The normalized spacial score (nSPS) is 10.4.